The van der Waals surface area contributed by atoms with Gasteiger partial charge >= 0.3 is 0 Å². The highest BCUT2D eigenvalue weighted by Gasteiger charge is 2.32. The Bertz CT molecular complexity index is 1620. The molecule has 0 saturated carbocycles. The van der Waals surface area contributed by atoms with Crippen LogP contribution >= 0.6 is 11.6 Å². The number of phenols is 1. The van der Waals surface area contributed by atoms with Gasteiger partial charge in [0.05, 0.1) is 16.3 Å². The predicted octanol–water partition coefficient (Wildman–Crippen LogP) is 2.30. The molecule has 0 unspecified atom stereocenters. The number of sulfone groups is 1. The van der Waals surface area contributed by atoms with Crippen molar-refractivity contribution < 1.29 is 44.3 Å². The van der Waals surface area contributed by atoms with E-state index in [1.165, 1.54) is 24.3 Å². The maximum atomic E-state index is 13.1. The van der Waals surface area contributed by atoms with Crippen LogP contribution in [0.2, 0.25) is 0 Å². The van der Waals surface area contributed by atoms with E-state index in [2.05, 4.69) is 5.32 Å². The number of hydrogen-bond donors (Lipinski definition) is 4. The first kappa shape index (κ1) is 25.9. The standard InChI is InChI=1S/C19H16ClNO10S3/c20-6-7-32(24,25)18-16-12(8-13(10-14(16)22)33(26,27)28)9-15(34(29,30)31)17(18)21-19(23)11-4-2-1-3-5-11/h1-5,8-10,22H,6-7H2,(H,21,23)(H,26,27,28)(H,29,30,31). The molecule has 0 aliphatic carbocycles. The minimum Gasteiger partial charge on any atom is -0.507 e. The van der Waals surface area contributed by atoms with Crippen molar-refractivity contribution >= 4 is 64.0 Å². The van der Waals surface area contributed by atoms with E-state index in [0.29, 0.717) is 18.2 Å². The molecule has 15 heteroatoms. The third kappa shape index (κ3) is 5.16. The molecule has 0 fully saturated rings. The molecule has 0 atom stereocenters. The van der Waals surface area contributed by atoms with Crippen LogP contribution in [0.3, 0.4) is 0 Å². The van der Waals surface area contributed by atoms with Crippen molar-refractivity contribution in [2.75, 3.05) is 16.9 Å². The molecule has 1 amide bonds. The minimum absolute atomic E-state index is 0.00974. The second kappa shape index (κ2) is 9.13. The average molecular weight is 550 g/mol. The van der Waals surface area contributed by atoms with Gasteiger partial charge in [0.15, 0.2) is 9.84 Å². The lowest BCUT2D eigenvalue weighted by Gasteiger charge is -2.18. The fourth-order valence-corrected chi connectivity index (χ4v) is 6.50. The van der Waals surface area contributed by atoms with E-state index in [4.69, 9.17) is 11.6 Å². The van der Waals surface area contributed by atoms with E-state index in [0.717, 1.165) is 0 Å². The molecule has 0 aliphatic rings. The van der Waals surface area contributed by atoms with Crippen LogP contribution in [0, 0.1) is 0 Å². The topological polar surface area (TPSA) is 192 Å². The summed E-state index contributed by atoms with van der Waals surface area (Å²) in [6.45, 7) is 0. The second-order valence-corrected chi connectivity index (χ2v) is 12.1. The number of hydrogen-bond acceptors (Lipinski definition) is 8. The Morgan fingerprint density at radius 1 is 0.912 bits per heavy atom. The third-order valence-corrected chi connectivity index (χ3v) is 8.51. The van der Waals surface area contributed by atoms with Gasteiger partial charge in [0, 0.05) is 22.9 Å². The van der Waals surface area contributed by atoms with E-state index in [1.54, 1.807) is 6.07 Å². The number of alkyl halides is 1. The number of phenolic OH excluding ortho intramolecular Hbond substituents is 1. The molecule has 3 aromatic rings. The third-order valence-electron chi connectivity index (χ3n) is 4.62. The zero-order chi connectivity index (χ0) is 25.5. The highest BCUT2D eigenvalue weighted by molar-refractivity contribution is 7.92. The van der Waals surface area contributed by atoms with Crippen LogP contribution in [0.25, 0.3) is 10.8 Å². The summed E-state index contributed by atoms with van der Waals surface area (Å²) in [4.78, 5) is 9.87. The first-order valence-electron chi connectivity index (χ1n) is 9.10. The molecule has 182 valence electrons. The van der Waals surface area contributed by atoms with Gasteiger partial charge in [0.1, 0.15) is 15.5 Å². The largest absolute Gasteiger partial charge is 0.507 e. The molecule has 0 aliphatic heterocycles. The predicted molar refractivity (Wildman–Crippen MR) is 122 cm³/mol. The quantitative estimate of drug-likeness (QED) is 0.251. The van der Waals surface area contributed by atoms with Crippen molar-refractivity contribution in [3.05, 3.63) is 54.1 Å². The van der Waals surface area contributed by atoms with Gasteiger partial charge in [-0.2, -0.15) is 16.8 Å². The van der Waals surface area contributed by atoms with Gasteiger partial charge < -0.3 is 10.4 Å². The summed E-state index contributed by atoms with van der Waals surface area (Å²) in [5.41, 5.74) is -0.862. The number of fused-ring (bicyclic) bond motifs is 1. The number of carbonyl (C=O) groups excluding carboxylic acids is 1. The minimum atomic E-state index is -5.22. The van der Waals surface area contributed by atoms with Gasteiger partial charge in [-0.05, 0) is 29.7 Å². The maximum Gasteiger partial charge on any atom is 0.296 e. The van der Waals surface area contributed by atoms with E-state index in [1.807, 2.05) is 0 Å². The van der Waals surface area contributed by atoms with Crippen LogP contribution in [0.4, 0.5) is 5.69 Å². The fraction of sp³-hybridized carbons (Fsp3) is 0.105. The highest BCUT2D eigenvalue weighted by Crippen LogP contribution is 2.42. The van der Waals surface area contributed by atoms with E-state index in [9.17, 15) is 44.3 Å². The molecule has 11 nitrogen and oxygen atoms in total. The molecule has 3 aromatic carbocycles. The SMILES string of the molecule is O=C(Nc1c(S(=O)(=O)O)cc2cc(S(=O)(=O)O)cc(O)c2c1S(=O)(=O)CCCl)c1ccccc1. The van der Waals surface area contributed by atoms with E-state index in [-0.39, 0.29) is 5.56 Å². The Labute approximate surface area is 199 Å². The number of anilines is 1. The summed E-state index contributed by atoms with van der Waals surface area (Å²) >= 11 is 5.59. The highest BCUT2D eigenvalue weighted by atomic mass is 35.5. The molecule has 0 spiro atoms. The van der Waals surface area contributed by atoms with Gasteiger partial charge in [-0.1, -0.05) is 18.2 Å². The number of nitrogens with one attached hydrogen (secondary N) is 1. The van der Waals surface area contributed by atoms with Crippen molar-refractivity contribution in [3.63, 3.8) is 0 Å². The summed E-state index contributed by atoms with van der Waals surface area (Å²) in [5, 5.41) is 11.6. The Morgan fingerprint density at radius 2 is 1.53 bits per heavy atom. The monoisotopic (exact) mass is 549 g/mol. The maximum absolute atomic E-state index is 13.1. The number of carbonyl (C=O) groups is 1. The molecular formula is C19H16ClNO10S3. The van der Waals surface area contributed by atoms with E-state index < -0.39 is 84.5 Å². The molecule has 0 aromatic heterocycles. The molecule has 34 heavy (non-hydrogen) atoms. The molecule has 3 rings (SSSR count). The van der Waals surface area contributed by atoms with E-state index >= 15 is 0 Å². The van der Waals surface area contributed by atoms with Crippen molar-refractivity contribution in [2.24, 2.45) is 0 Å². The van der Waals surface area contributed by atoms with Gasteiger partial charge in [-0.15, -0.1) is 11.6 Å². The number of aromatic hydroxyl groups is 1. The van der Waals surface area contributed by atoms with Gasteiger partial charge in [0.25, 0.3) is 26.1 Å². The van der Waals surface area contributed by atoms with Crippen LogP contribution in [-0.2, 0) is 30.1 Å². The Kier molecular flexibility index (Phi) is 6.94. The summed E-state index contributed by atoms with van der Waals surface area (Å²) in [6.07, 6.45) is 0. The van der Waals surface area contributed by atoms with Crippen LogP contribution in [0.15, 0.2) is 63.2 Å². The summed E-state index contributed by atoms with van der Waals surface area (Å²) < 4.78 is 92.8. The molecular weight excluding hydrogens is 534 g/mol. The van der Waals surface area contributed by atoms with Crippen molar-refractivity contribution in [2.45, 2.75) is 14.7 Å². The normalized spacial score (nSPS) is 12.6. The first-order chi connectivity index (χ1) is 15.7. The van der Waals surface area contributed by atoms with Crippen molar-refractivity contribution in [1.29, 1.82) is 0 Å². The van der Waals surface area contributed by atoms with Crippen LogP contribution in [-0.4, -0.2) is 57.0 Å². The molecule has 4 N–H and O–H groups in total. The smallest absolute Gasteiger partial charge is 0.296 e. The second-order valence-electron chi connectivity index (χ2n) is 6.90. The number of benzene rings is 3. The Morgan fingerprint density at radius 3 is 2.06 bits per heavy atom. The lowest BCUT2D eigenvalue weighted by atomic mass is 10.1. The van der Waals surface area contributed by atoms with Gasteiger partial charge in [-0.25, -0.2) is 8.42 Å². The fourth-order valence-electron chi connectivity index (χ4n) is 3.19. The first-order valence-corrected chi connectivity index (χ1v) is 14.2. The molecule has 0 bridgehead atoms. The molecule has 0 heterocycles. The van der Waals surface area contributed by atoms with Crippen LogP contribution in [0.1, 0.15) is 10.4 Å². The van der Waals surface area contributed by atoms with Crippen molar-refractivity contribution in [3.8, 4) is 5.75 Å². The Hall–Kier alpha value is -2.75. The van der Waals surface area contributed by atoms with Gasteiger partial charge in [0.2, 0.25) is 0 Å². The zero-order valence-electron chi connectivity index (χ0n) is 16.8. The average Bonchev–Trinajstić information content (AvgIpc) is 2.72. The summed E-state index contributed by atoms with van der Waals surface area (Å²) in [6, 6.07) is 9.18. The zero-order valence-corrected chi connectivity index (χ0v) is 20.0. The Balaban J connectivity index is 2.52. The number of rotatable bonds is 7. The summed E-state index contributed by atoms with van der Waals surface area (Å²) in [5.74, 6) is -3.14. The lowest BCUT2D eigenvalue weighted by molar-refractivity contribution is 0.102. The van der Waals surface area contributed by atoms with Crippen LogP contribution in [0.5, 0.6) is 5.75 Å². The number of amides is 1. The lowest BCUT2D eigenvalue weighted by Crippen LogP contribution is -2.20. The summed E-state index contributed by atoms with van der Waals surface area (Å²) in [7, 11) is -14.7. The van der Waals surface area contributed by atoms with Crippen molar-refractivity contribution in [1.82, 2.24) is 0 Å². The molecule has 0 radical (unpaired) electrons. The molecule has 0 saturated heterocycles. The number of halogens is 1. The van der Waals surface area contributed by atoms with Crippen LogP contribution < -0.4 is 5.32 Å². The van der Waals surface area contributed by atoms with Gasteiger partial charge in [-0.3, -0.25) is 13.9 Å².